The molecular weight excluding hydrogens is 270 g/mol. The SMILES string of the molecule is CC(C)(C)OC(=O)N1CCOCC1CNC1CCCNC1. The molecule has 2 atom stereocenters. The third-order valence-corrected chi connectivity index (χ3v) is 3.79. The minimum atomic E-state index is -0.458. The van der Waals surface area contributed by atoms with Crippen LogP contribution in [0.5, 0.6) is 0 Å². The van der Waals surface area contributed by atoms with Crippen LogP contribution in [0, 0.1) is 0 Å². The van der Waals surface area contributed by atoms with Gasteiger partial charge in [-0.2, -0.15) is 0 Å². The molecule has 2 heterocycles. The van der Waals surface area contributed by atoms with Gasteiger partial charge in [-0.05, 0) is 40.2 Å². The summed E-state index contributed by atoms with van der Waals surface area (Å²) in [4.78, 5) is 14.1. The zero-order valence-corrected chi connectivity index (χ0v) is 13.5. The Labute approximate surface area is 127 Å². The van der Waals surface area contributed by atoms with Gasteiger partial charge >= 0.3 is 6.09 Å². The summed E-state index contributed by atoms with van der Waals surface area (Å²) in [7, 11) is 0. The highest BCUT2D eigenvalue weighted by atomic mass is 16.6. The van der Waals surface area contributed by atoms with E-state index in [1.165, 1.54) is 12.8 Å². The first-order valence-electron chi connectivity index (χ1n) is 7.97. The van der Waals surface area contributed by atoms with Crippen LogP contribution < -0.4 is 10.6 Å². The number of nitrogens with zero attached hydrogens (tertiary/aromatic N) is 1. The van der Waals surface area contributed by atoms with Crippen molar-refractivity contribution in [3.8, 4) is 0 Å². The van der Waals surface area contributed by atoms with Crippen molar-refractivity contribution >= 4 is 6.09 Å². The van der Waals surface area contributed by atoms with Crippen molar-refractivity contribution in [2.24, 2.45) is 0 Å². The second kappa shape index (κ2) is 7.42. The van der Waals surface area contributed by atoms with Gasteiger partial charge in [0.15, 0.2) is 0 Å². The first-order valence-corrected chi connectivity index (χ1v) is 7.97. The molecule has 0 bridgehead atoms. The van der Waals surface area contributed by atoms with Gasteiger partial charge in [0.05, 0.1) is 19.3 Å². The van der Waals surface area contributed by atoms with Gasteiger partial charge in [-0.25, -0.2) is 4.79 Å². The average molecular weight is 299 g/mol. The summed E-state index contributed by atoms with van der Waals surface area (Å²) in [6.07, 6.45) is 2.15. The second-order valence-electron chi connectivity index (χ2n) is 6.85. The minimum Gasteiger partial charge on any atom is -0.444 e. The van der Waals surface area contributed by atoms with Crippen LogP contribution in [0.4, 0.5) is 4.79 Å². The van der Waals surface area contributed by atoms with Crippen LogP contribution in [0.25, 0.3) is 0 Å². The smallest absolute Gasteiger partial charge is 0.410 e. The summed E-state index contributed by atoms with van der Waals surface area (Å²) in [6, 6.07) is 0.539. The molecular formula is C15H29N3O3. The van der Waals surface area contributed by atoms with Crippen LogP contribution >= 0.6 is 0 Å². The number of hydrogen-bond acceptors (Lipinski definition) is 5. The number of rotatable bonds is 3. The lowest BCUT2D eigenvalue weighted by atomic mass is 10.1. The molecule has 2 saturated heterocycles. The summed E-state index contributed by atoms with van der Waals surface area (Å²) in [6.45, 7) is 10.3. The van der Waals surface area contributed by atoms with Crippen LogP contribution in [0.15, 0.2) is 0 Å². The van der Waals surface area contributed by atoms with Crippen molar-refractivity contribution in [3.63, 3.8) is 0 Å². The van der Waals surface area contributed by atoms with Crippen LogP contribution in [0.3, 0.4) is 0 Å². The van der Waals surface area contributed by atoms with E-state index in [2.05, 4.69) is 10.6 Å². The van der Waals surface area contributed by atoms with E-state index in [1.54, 1.807) is 4.90 Å². The van der Waals surface area contributed by atoms with Crippen LogP contribution in [0.2, 0.25) is 0 Å². The van der Waals surface area contributed by atoms with Gasteiger partial charge in [-0.3, -0.25) is 4.90 Å². The number of nitrogens with one attached hydrogen (secondary N) is 2. The molecule has 0 spiro atoms. The van der Waals surface area contributed by atoms with Gasteiger partial charge < -0.3 is 20.1 Å². The molecule has 2 fully saturated rings. The van der Waals surface area contributed by atoms with E-state index in [9.17, 15) is 4.79 Å². The van der Waals surface area contributed by atoms with Crippen molar-refractivity contribution in [1.29, 1.82) is 0 Å². The zero-order valence-electron chi connectivity index (χ0n) is 13.5. The second-order valence-corrected chi connectivity index (χ2v) is 6.85. The van der Waals surface area contributed by atoms with Gasteiger partial charge in [0.25, 0.3) is 0 Å². The molecule has 1 amide bonds. The molecule has 2 unspecified atom stereocenters. The Morgan fingerprint density at radius 3 is 2.95 bits per heavy atom. The molecule has 2 N–H and O–H groups in total. The molecule has 6 nitrogen and oxygen atoms in total. The van der Waals surface area contributed by atoms with Gasteiger partial charge in [0, 0.05) is 25.7 Å². The summed E-state index contributed by atoms with van der Waals surface area (Å²) in [5.74, 6) is 0. The molecule has 0 aromatic carbocycles. The Balaban J connectivity index is 1.84. The lowest BCUT2D eigenvalue weighted by Crippen LogP contribution is -2.56. The number of amides is 1. The average Bonchev–Trinajstić information content (AvgIpc) is 2.45. The van der Waals surface area contributed by atoms with E-state index >= 15 is 0 Å². The predicted octanol–water partition coefficient (Wildman–Crippen LogP) is 0.964. The quantitative estimate of drug-likeness (QED) is 0.813. The predicted molar refractivity (Wildman–Crippen MR) is 81.4 cm³/mol. The number of ether oxygens (including phenoxy) is 2. The van der Waals surface area contributed by atoms with Gasteiger partial charge in [-0.15, -0.1) is 0 Å². The summed E-state index contributed by atoms with van der Waals surface area (Å²) in [5.41, 5.74) is -0.458. The molecule has 2 aliphatic rings. The third kappa shape index (κ3) is 5.45. The Bertz CT molecular complexity index is 338. The maximum absolute atomic E-state index is 12.3. The van der Waals surface area contributed by atoms with Crippen LogP contribution in [-0.2, 0) is 9.47 Å². The van der Waals surface area contributed by atoms with E-state index in [0.717, 1.165) is 19.6 Å². The molecule has 2 aliphatic heterocycles. The molecule has 0 saturated carbocycles. The van der Waals surface area contributed by atoms with Crippen molar-refractivity contribution < 1.29 is 14.3 Å². The van der Waals surface area contributed by atoms with E-state index in [1.807, 2.05) is 20.8 Å². The first-order chi connectivity index (χ1) is 9.96. The van der Waals surface area contributed by atoms with Gasteiger partial charge in [0.2, 0.25) is 0 Å². The molecule has 0 aliphatic carbocycles. The molecule has 0 aromatic rings. The molecule has 0 aromatic heterocycles. The lowest BCUT2D eigenvalue weighted by molar-refractivity contribution is -0.0323. The zero-order chi connectivity index (χ0) is 15.3. The Hall–Kier alpha value is -0.850. The molecule has 2 rings (SSSR count). The fraction of sp³-hybridized carbons (Fsp3) is 0.933. The first kappa shape index (κ1) is 16.5. The lowest BCUT2D eigenvalue weighted by Gasteiger charge is -2.37. The van der Waals surface area contributed by atoms with Crippen molar-refractivity contribution in [2.75, 3.05) is 39.4 Å². The van der Waals surface area contributed by atoms with Crippen LogP contribution in [0.1, 0.15) is 33.6 Å². The molecule has 21 heavy (non-hydrogen) atoms. The fourth-order valence-corrected chi connectivity index (χ4v) is 2.71. The van der Waals surface area contributed by atoms with E-state index in [-0.39, 0.29) is 12.1 Å². The summed E-state index contributed by atoms with van der Waals surface area (Å²) < 4.78 is 11.0. The molecule has 0 radical (unpaired) electrons. The number of morpholine rings is 1. The van der Waals surface area contributed by atoms with Gasteiger partial charge in [-0.1, -0.05) is 0 Å². The topological polar surface area (TPSA) is 62.8 Å². The fourth-order valence-electron chi connectivity index (χ4n) is 2.71. The normalized spacial score (nSPS) is 27.5. The Morgan fingerprint density at radius 2 is 2.29 bits per heavy atom. The largest absolute Gasteiger partial charge is 0.444 e. The number of carbonyl (C=O) groups is 1. The summed E-state index contributed by atoms with van der Waals surface area (Å²) >= 11 is 0. The van der Waals surface area contributed by atoms with E-state index < -0.39 is 5.60 Å². The Morgan fingerprint density at radius 1 is 1.48 bits per heavy atom. The van der Waals surface area contributed by atoms with E-state index in [4.69, 9.17) is 9.47 Å². The highest BCUT2D eigenvalue weighted by Gasteiger charge is 2.31. The van der Waals surface area contributed by atoms with Gasteiger partial charge in [0.1, 0.15) is 5.60 Å². The van der Waals surface area contributed by atoms with Crippen molar-refractivity contribution in [2.45, 2.75) is 51.3 Å². The standard InChI is InChI=1S/C15H29N3O3/c1-15(2,3)21-14(19)18-7-8-20-11-13(18)10-17-12-5-4-6-16-9-12/h12-13,16-17H,4-11H2,1-3H3. The van der Waals surface area contributed by atoms with E-state index in [0.29, 0.717) is 25.8 Å². The minimum absolute atomic E-state index is 0.0514. The third-order valence-electron chi connectivity index (χ3n) is 3.79. The van der Waals surface area contributed by atoms with Crippen LogP contribution in [-0.4, -0.2) is 68.1 Å². The molecule has 6 heteroatoms. The van der Waals surface area contributed by atoms with Crippen molar-refractivity contribution in [3.05, 3.63) is 0 Å². The number of piperidine rings is 1. The number of carbonyl (C=O) groups excluding carboxylic acids is 1. The monoisotopic (exact) mass is 299 g/mol. The highest BCUT2D eigenvalue weighted by Crippen LogP contribution is 2.14. The Kier molecular flexibility index (Phi) is 5.84. The maximum atomic E-state index is 12.3. The summed E-state index contributed by atoms with van der Waals surface area (Å²) in [5, 5.41) is 6.94. The highest BCUT2D eigenvalue weighted by molar-refractivity contribution is 5.68. The van der Waals surface area contributed by atoms with Crippen molar-refractivity contribution in [1.82, 2.24) is 15.5 Å². The maximum Gasteiger partial charge on any atom is 0.410 e. The number of hydrogen-bond donors (Lipinski definition) is 2. The molecule has 122 valence electrons.